The van der Waals surface area contributed by atoms with Gasteiger partial charge in [-0.25, -0.2) is 8.78 Å². The normalized spacial score (nSPS) is 20.1. The third kappa shape index (κ3) is 3.74. The molecule has 0 spiro atoms. The first-order valence-corrected chi connectivity index (χ1v) is 8.49. The number of amides is 2. The fraction of sp³-hybridized carbons (Fsp3) is 0.300. The molecule has 4 nitrogen and oxygen atoms in total. The molecule has 0 radical (unpaired) electrons. The summed E-state index contributed by atoms with van der Waals surface area (Å²) in [6.45, 7) is 0.0792. The van der Waals surface area contributed by atoms with Gasteiger partial charge in [0.25, 0.3) is 0 Å². The van der Waals surface area contributed by atoms with E-state index in [0.29, 0.717) is 17.5 Å². The summed E-state index contributed by atoms with van der Waals surface area (Å²) >= 11 is 0. The summed E-state index contributed by atoms with van der Waals surface area (Å²) in [5.74, 6) is -1.53. The second-order valence-electron chi connectivity index (χ2n) is 6.46. The summed E-state index contributed by atoms with van der Waals surface area (Å²) in [5.41, 5.74) is 1.10. The highest BCUT2D eigenvalue weighted by Crippen LogP contribution is 2.36. The Morgan fingerprint density at radius 1 is 1.15 bits per heavy atom. The quantitative estimate of drug-likeness (QED) is 0.913. The van der Waals surface area contributed by atoms with Crippen molar-refractivity contribution in [3.63, 3.8) is 0 Å². The minimum Gasteiger partial charge on any atom is -0.352 e. The highest BCUT2D eigenvalue weighted by Gasteiger charge is 2.38. The molecule has 1 fully saturated rings. The van der Waals surface area contributed by atoms with Gasteiger partial charge in [0.1, 0.15) is 11.6 Å². The number of rotatable bonds is 4. The van der Waals surface area contributed by atoms with E-state index in [1.54, 1.807) is 37.4 Å². The van der Waals surface area contributed by atoms with E-state index < -0.39 is 12.0 Å². The van der Waals surface area contributed by atoms with Crippen LogP contribution in [0.25, 0.3) is 0 Å². The largest absolute Gasteiger partial charge is 0.352 e. The number of nitrogens with zero attached hydrogens (tertiary/aromatic N) is 1. The number of hydrogen-bond acceptors (Lipinski definition) is 2. The van der Waals surface area contributed by atoms with Crippen LogP contribution in [0.4, 0.5) is 8.78 Å². The van der Waals surface area contributed by atoms with E-state index in [1.807, 2.05) is 0 Å². The fourth-order valence-electron chi connectivity index (χ4n) is 3.38. The van der Waals surface area contributed by atoms with Crippen LogP contribution in [-0.2, 0) is 16.1 Å². The second kappa shape index (κ2) is 7.64. The first kappa shape index (κ1) is 18.0. The van der Waals surface area contributed by atoms with Gasteiger partial charge in [0.05, 0.1) is 12.0 Å². The Morgan fingerprint density at radius 2 is 1.85 bits per heavy atom. The molecule has 2 aromatic carbocycles. The van der Waals surface area contributed by atoms with Gasteiger partial charge >= 0.3 is 0 Å². The maximum absolute atomic E-state index is 13.7. The van der Waals surface area contributed by atoms with E-state index in [4.69, 9.17) is 0 Å². The van der Waals surface area contributed by atoms with E-state index in [-0.39, 0.29) is 36.4 Å². The molecule has 136 valence electrons. The van der Waals surface area contributed by atoms with Crippen LogP contribution in [0.3, 0.4) is 0 Å². The van der Waals surface area contributed by atoms with Crippen LogP contribution in [0.1, 0.15) is 30.0 Å². The summed E-state index contributed by atoms with van der Waals surface area (Å²) in [5, 5.41) is 2.77. The highest BCUT2D eigenvalue weighted by molar-refractivity contribution is 5.84. The molecule has 6 heteroatoms. The van der Waals surface area contributed by atoms with Gasteiger partial charge in [0, 0.05) is 25.6 Å². The summed E-state index contributed by atoms with van der Waals surface area (Å²) < 4.78 is 27.0. The Morgan fingerprint density at radius 3 is 2.54 bits per heavy atom. The molecular weight excluding hydrogens is 338 g/mol. The Hall–Kier alpha value is -2.76. The Balaban J connectivity index is 1.79. The van der Waals surface area contributed by atoms with Crippen molar-refractivity contribution in [2.24, 2.45) is 5.92 Å². The smallest absolute Gasteiger partial charge is 0.225 e. The van der Waals surface area contributed by atoms with Crippen LogP contribution in [0.2, 0.25) is 0 Å². The monoisotopic (exact) mass is 358 g/mol. The van der Waals surface area contributed by atoms with Gasteiger partial charge in [-0.15, -0.1) is 0 Å². The number of carbonyl (C=O) groups excluding carboxylic acids is 2. The molecule has 2 atom stereocenters. The lowest BCUT2D eigenvalue weighted by atomic mass is 9.84. The predicted octanol–water partition coefficient (Wildman–Crippen LogP) is 3.19. The molecule has 1 N–H and O–H groups in total. The van der Waals surface area contributed by atoms with Crippen LogP contribution in [0, 0.1) is 17.6 Å². The zero-order valence-electron chi connectivity index (χ0n) is 14.4. The molecule has 1 aliphatic heterocycles. The van der Waals surface area contributed by atoms with Crippen LogP contribution >= 0.6 is 0 Å². The summed E-state index contributed by atoms with van der Waals surface area (Å²) in [6.07, 6.45) is 0.667. The Bertz CT molecular complexity index is 808. The van der Waals surface area contributed by atoms with Gasteiger partial charge in [-0.1, -0.05) is 30.3 Å². The number of piperidine rings is 1. The topological polar surface area (TPSA) is 49.4 Å². The first-order valence-electron chi connectivity index (χ1n) is 8.49. The number of benzene rings is 2. The van der Waals surface area contributed by atoms with Crippen molar-refractivity contribution in [2.45, 2.75) is 25.4 Å². The highest BCUT2D eigenvalue weighted by atomic mass is 19.1. The minimum atomic E-state index is -0.477. The van der Waals surface area contributed by atoms with Crippen molar-refractivity contribution >= 4 is 11.8 Å². The lowest BCUT2D eigenvalue weighted by Crippen LogP contribution is -2.46. The Labute approximate surface area is 150 Å². The number of hydrogen-bond donors (Lipinski definition) is 1. The number of nitrogens with one attached hydrogen (secondary N) is 1. The van der Waals surface area contributed by atoms with Gasteiger partial charge < -0.3 is 10.2 Å². The standard InChI is InChI=1S/C20H20F2N2O2/c1-24-18(25)11-10-16(19(24)13-6-8-15(21)9-7-13)20(26)23-12-14-4-2-3-5-17(14)22/h2-9,16,19H,10-12H2,1H3,(H,23,26)/t16-,19+/m0/s1. The SMILES string of the molecule is CN1C(=O)CC[C@H](C(=O)NCc2ccccc2F)[C@H]1c1ccc(F)cc1. The van der Waals surface area contributed by atoms with E-state index in [0.717, 1.165) is 0 Å². The van der Waals surface area contributed by atoms with Crippen molar-refractivity contribution in [2.75, 3.05) is 7.05 Å². The van der Waals surface area contributed by atoms with Gasteiger partial charge in [-0.3, -0.25) is 9.59 Å². The predicted molar refractivity (Wildman–Crippen MR) is 92.9 cm³/mol. The molecule has 0 saturated carbocycles. The molecule has 1 heterocycles. The number of halogens is 2. The van der Waals surface area contributed by atoms with Crippen molar-refractivity contribution in [3.05, 3.63) is 71.3 Å². The molecule has 1 saturated heterocycles. The molecule has 26 heavy (non-hydrogen) atoms. The van der Waals surface area contributed by atoms with Gasteiger partial charge in [0.15, 0.2) is 0 Å². The van der Waals surface area contributed by atoms with Crippen molar-refractivity contribution in [1.82, 2.24) is 10.2 Å². The second-order valence-corrected chi connectivity index (χ2v) is 6.46. The summed E-state index contributed by atoms with van der Waals surface area (Å²) in [6, 6.07) is 11.6. The van der Waals surface area contributed by atoms with Gasteiger partial charge in [-0.2, -0.15) is 0 Å². The van der Waals surface area contributed by atoms with Gasteiger partial charge in [0.2, 0.25) is 11.8 Å². The molecule has 2 amide bonds. The third-order valence-electron chi connectivity index (χ3n) is 4.82. The van der Waals surface area contributed by atoms with Crippen LogP contribution < -0.4 is 5.32 Å². The van der Waals surface area contributed by atoms with E-state index in [2.05, 4.69) is 5.32 Å². The van der Waals surface area contributed by atoms with Crippen LogP contribution in [0.5, 0.6) is 0 Å². The maximum atomic E-state index is 13.7. The first-order chi connectivity index (χ1) is 12.5. The molecule has 3 rings (SSSR count). The summed E-state index contributed by atoms with van der Waals surface area (Å²) in [7, 11) is 1.65. The van der Waals surface area contributed by atoms with E-state index in [9.17, 15) is 18.4 Å². The van der Waals surface area contributed by atoms with E-state index in [1.165, 1.54) is 23.1 Å². The molecule has 0 aromatic heterocycles. The summed E-state index contributed by atoms with van der Waals surface area (Å²) in [4.78, 5) is 26.4. The molecule has 0 bridgehead atoms. The molecule has 0 aliphatic carbocycles. The van der Waals surface area contributed by atoms with E-state index >= 15 is 0 Å². The molecule has 1 aliphatic rings. The molecule has 0 unspecified atom stereocenters. The van der Waals surface area contributed by atoms with Gasteiger partial charge in [-0.05, 0) is 30.2 Å². The minimum absolute atomic E-state index is 0.0579. The number of carbonyl (C=O) groups is 2. The maximum Gasteiger partial charge on any atom is 0.225 e. The zero-order valence-corrected chi connectivity index (χ0v) is 14.4. The van der Waals surface area contributed by atoms with Crippen molar-refractivity contribution in [3.8, 4) is 0 Å². The zero-order chi connectivity index (χ0) is 18.7. The average molecular weight is 358 g/mol. The fourth-order valence-corrected chi connectivity index (χ4v) is 3.38. The Kier molecular flexibility index (Phi) is 5.30. The van der Waals surface area contributed by atoms with Crippen LogP contribution in [-0.4, -0.2) is 23.8 Å². The number of likely N-dealkylation sites (tertiary alicyclic amines) is 1. The lowest BCUT2D eigenvalue weighted by molar-refractivity contribution is -0.141. The third-order valence-corrected chi connectivity index (χ3v) is 4.82. The van der Waals surface area contributed by atoms with Crippen molar-refractivity contribution in [1.29, 1.82) is 0 Å². The molecule has 2 aromatic rings. The lowest BCUT2D eigenvalue weighted by Gasteiger charge is -2.38. The molecular formula is C20H20F2N2O2. The average Bonchev–Trinajstić information content (AvgIpc) is 2.64. The van der Waals surface area contributed by atoms with Crippen molar-refractivity contribution < 1.29 is 18.4 Å². The van der Waals surface area contributed by atoms with Crippen LogP contribution in [0.15, 0.2) is 48.5 Å².